The van der Waals surface area contributed by atoms with Crippen molar-refractivity contribution in [1.29, 1.82) is 0 Å². The molecule has 0 heterocycles. The fourth-order valence-corrected chi connectivity index (χ4v) is 4.71. The van der Waals surface area contributed by atoms with E-state index in [1.165, 1.54) is 17.2 Å². The highest BCUT2D eigenvalue weighted by Crippen LogP contribution is 2.48. The van der Waals surface area contributed by atoms with E-state index in [1.54, 1.807) is 6.08 Å². The van der Waals surface area contributed by atoms with E-state index in [0.29, 0.717) is 12.0 Å². The Morgan fingerprint density at radius 3 is 2.14 bits per heavy atom. The molecule has 0 aliphatic heterocycles. The lowest BCUT2D eigenvalue weighted by molar-refractivity contribution is -0.142. The first kappa shape index (κ1) is 20.4. The second-order valence-corrected chi connectivity index (χ2v) is 9.49. The Morgan fingerprint density at radius 2 is 1.61 bits per heavy atom. The summed E-state index contributed by atoms with van der Waals surface area (Å²) in [5.74, 6) is -1.94. The third-order valence-electron chi connectivity index (χ3n) is 6.81. The zero-order valence-corrected chi connectivity index (χ0v) is 17.4. The number of carboxylic acids is 2. The molecule has 0 saturated carbocycles. The average molecular weight is 383 g/mol. The summed E-state index contributed by atoms with van der Waals surface area (Å²) in [6.45, 7) is 10.8. The van der Waals surface area contributed by atoms with Crippen LogP contribution in [0.5, 0.6) is 0 Å². The number of allylic oxidation sites excluding steroid dienone is 1. The SMILES string of the molecule is CCC1=C(C(=O)O)C=CC(C(=O)O)(c2ccc3c(c2)C(C)(C)CCC3(C)C)C1. The number of hydrogen-bond acceptors (Lipinski definition) is 2. The predicted molar refractivity (Wildman–Crippen MR) is 110 cm³/mol. The fraction of sp³-hybridized carbons (Fsp3) is 0.500. The van der Waals surface area contributed by atoms with Gasteiger partial charge in [0, 0.05) is 0 Å². The van der Waals surface area contributed by atoms with Crippen LogP contribution in [-0.4, -0.2) is 22.2 Å². The Kier molecular flexibility index (Phi) is 4.81. The van der Waals surface area contributed by atoms with Crippen molar-refractivity contribution in [3.63, 3.8) is 0 Å². The molecule has 3 rings (SSSR count). The summed E-state index contributed by atoms with van der Waals surface area (Å²) >= 11 is 0. The third kappa shape index (κ3) is 3.09. The van der Waals surface area contributed by atoms with Crippen molar-refractivity contribution >= 4 is 11.9 Å². The Morgan fingerprint density at radius 1 is 1.00 bits per heavy atom. The summed E-state index contributed by atoms with van der Waals surface area (Å²) in [5, 5.41) is 19.6. The van der Waals surface area contributed by atoms with Crippen LogP contribution in [0.1, 0.15) is 77.0 Å². The van der Waals surface area contributed by atoms with Crippen molar-refractivity contribution in [2.75, 3.05) is 0 Å². The minimum absolute atomic E-state index is 0.0193. The standard InChI is InChI=1S/C24H30O4/c1-6-15-14-24(21(27)28,10-9-17(15)20(25)26)16-7-8-18-19(13-16)23(4,5)12-11-22(18,2)3/h7-10,13H,6,11-12,14H2,1-5H3,(H,25,26)(H,27,28). The predicted octanol–water partition coefficient (Wildman–Crippen LogP) is 5.11. The van der Waals surface area contributed by atoms with E-state index in [2.05, 4.69) is 39.8 Å². The summed E-state index contributed by atoms with van der Waals surface area (Å²) in [7, 11) is 0. The fourth-order valence-electron chi connectivity index (χ4n) is 4.71. The van der Waals surface area contributed by atoms with Crippen LogP contribution in [0.2, 0.25) is 0 Å². The zero-order valence-electron chi connectivity index (χ0n) is 17.4. The number of hydrogen-bond donors (Lipinski definition) is 2. The number of carboxylic acid groups (broad SMARTS) is 2. The molecule has 1 atom stereocenters. The van der Waals surface area contributed by atoms with Crippen LogP contribution in [0.3, 0.4) is 0 Å². The van der Waals surface area contributed by atoms with Gasteiger partial charge in [0.15, 0.2) is 0 Å². The van der Waals surface area contributed by atoms with Crippen molar-refractivity contribution < 1.29 is 19.8 Å². The average Bonchev–Trinajstić information content (AvgIpc) is 2.64. The lowest BCUT2D eigenvalue weighted by atomic mass is 9.61. The molecule has 2 aliphatic carbocycles. The van der Waals surface area contributed by atoms with E-state index < -0.39 is 17.4 Å². The normalized spacial score (nSPS) is 25.3. The molecule has 1 aromatic rings. The van der Waals surface area contributed by atoms with Gasteiger partial charge in [-0.3, -0.25) is 4.79 Å². The zero-order chi connectivity index (χ0) is 20.9. The van der Waals surface area contributed by atoms with Crippen LogP contribution in [0.25, 0.3) is 0 Å². The topological polar surface area (TPSA) is 74.6 Å². The van der Waals surface area contributed by atoms with Gasteiger partial charge in [-0.2, -0.15) is 0 Å². The van der Waals surface area contributed by atoms with Crippen molar-refractivity contribution in [1.82, 2.24) is 0 Å². The second-order valence-electron chi connectivity index (χ2n) is 9.49. The summed E-state index contributed by atoms with van der Waals surface area (Å²) in [6.07, 6.45) is 5.91. The van der Waals surface area contributed by atoms with Crippen LogP contribution in [-0.2, 0) is 25.8 Å². The number of fused-ring (bicyclic) bond motifs is 1. The molecule has 0 fully saturated rings. The van der Waals surface area contributed by atoms with Gasteiger partial charge >= 0.3 is 11.9 Å². The highest BCUT2D eigenvalue weighted by atomic mass is 16.4. The van der Waals surface area contributed by atoms with Gasteiger partial charge in [-0.15, -0.1) is 0 Å². The van der Waals surface area contributed by atoms with Gasteiger partial charge in [-0.25, -0.2) is 4.79 Å². The second kappa shape index (κ2) is 6.61. The maximum Gasteiger partial charge on any atom is 0.335 e. The van der Waals surface area contributed by atoms with Crippen LogP contribution < -0.4 is 0 Å². The maximum atomic E-state index is 12.5. The molecule has 0 spiro atoms. The van der Waals surface area contributed by atoms with Gasteiger partial charge in [0.1, 0.15) is 5.41 Å². The van der Waals surface area contributed by atoms with Gasteiger partial charge in [-0.05, 0) is 53.2 Å². The first-order valence-corrected chi connectivity index (χ1v) is 9.98. The summed E-state index contributed by atoms with van der Waals surface area (Å²) in [4.78, 5) is 24.0. The largest absolute Gasteiger partial charge is 0.480 e. The minimum atomic E-state index is -1.23. The van der Waals surface area contributed by atoms with Crippen molar-refractivity contribution in [2.24, 2.45) is 0 Å². The van der Waals surface area contributed by atoms with Gasteiger partial charge in [0.2, 0.25) is 0 Å². The molecule has 0 bridgehead atoms. The van der Waals surface area contributed by atoms with E-state index >= 15 is 0 Å². The smallest absolute Gasteiger partial charge is 0.335 e. The molecule has 1 unspecified atom stereocenters. The van der Waals surface area contributed by atoms with Crippen molar-refractivity contribution in [3.8, 4) is 0 Å². The van der Waals surface area contributed by atoms with Crippen molar-refractivity contribution in [2.45, 2.75) is 76.5 Å². The molecule has 2 N–H and O–H groups in total. The van der Waals surface area contributed by atoms with Crippen LogP contribution >= 0.6 is 0 Å². The van der Waals surface area contributed by atoms with Crippen LogP contribution in [0.4, 0.5) is 0 Å². The van der Waals surface area contributed by atoms with Gasteiger partial charge in [0.05, 0.1) is 5.57 Å². The lowest BCUT2D eigenvalue weighted by Gasteiger charge is -2.43. The molecular formula is C24H30O4. The Balaban J connectivity index is 2.18. The molecular weight excluding hydrogens is 352 g/mol. The monoisotopic (exact) mass is 382 g/mol. The number of benzene rings is 1. The first-order chi connectivity index (χ1) is 12.9. The lowest BCUT2D eigenvalue weighted by Crippen LogP contribution is -2.38. The maximum absolute atomic E-state index is 12.5. The molecule has 1 aromatic carbocycles. The molecule has 28 heavy (non-hydrogen) atoms. The summed E-state index contributed by atoms with van der Waals surface area (Å²) < 4.78 is 0. The summed E-state index contributed by atoms with van der Waals surface area (Å²) in [6, 6.07) is 6.08. The molecule has 0 radical (unpaired) electrons. The van der Waals surface area contributed by atoms with E-state index in [9.17, 15) is 19.8 Å². The van der Waals surface area contributed by atoms with Gasteiger partial charge < -0.3 is 10.2 Å². The van der Waals surface area contributed by atoms with Crippen LogP contribution in [0.15, 0.2) is 41.5 Å². The first-order valence-electron chi connectivity index (χ1n) is 9.98. The molecule has 0 amide bonds. The molecule has 0 aromatic heterocycles. The van der Waals surface area contributed by atoms with E-state index in [1.807, 2.05) is 13.0 Å². The Hall–Kier alpha value is -2.36. The molecule has 4 heteroatoms. The van der Waals surface area contributed by atoms with Crippen molar-refractivity contribution in [3.05, 3.63) is 58.2 Å². The van der Waals surface area contributed by atoms with E-state index in [4.69, 9.17) is 0 Å². The van der Waals surface area contributed by atoms with E-state index in [0.717, 1.165) is 18.4 Å². The quantitative estimate of drug-likeness (QED) is 0.759. The molecule has 2 aliphatic rings. The number of aliphatic carboxylic acids is 2. The number of rotatable bonds is 4. The Labute approximate surface area is 167 Å². The highest BCUT2D eigenvalue weighted by Gasteiger charge is 2.44. The Bertz CT molecular complexity index is 901. The third-order valence-corrected chi connectivity index (χ3v) is 6.81. The van der Waals surface area contributed by atoms with Gasteiger partial charge in [-0.1, -0.05) is 70.5 Å². The summed E-state index contributed by atoms with van der Waals surface area (Å²) in [5.41, 5.74) is 2.94. The van der Waals surface area contributed by atoms with Gasteiger partial charge in [0.25, 0.3) is 0 Å². The number of carbonyl (C=O) groups is 2. The van der Waals surface area contributed by atoms with E-state index in [-0.39, 0.29) is 22.8 Å². The molecule has 150 valence electrons. The minimum Gasteiger partial charge on any atom is -0.480 e. The highest BCUT2D eigenvalue weighted by molar-refractivity contribution is 5.94. The van der Waals surface area contributed by atoms with Crippen LogP contribution in [0, 0.1) is 0 Å². The molecule has 4 nitrogen and oxygen atoms in total. The molecule has 0 saturated heterocycles.